The molecular formula is C35H54O6Si. The van der Waals surface area contributed by atoms with Crippen LogP contribution in [-0.2, 0) is 19.3 Å². The van der Waals surface area contributed by atoms with Crippen molar-refractivity contribution in [2.45, 2.75) is 109 Å². The number of ether oxygens (including phenoxy) is 4. The number of esters is 1. The fourth-order valence-electron chi connectivity index (χ4n) is 5.56. The van der Waals surface area contributed by atoms with Crippen molar-refractivity contribution in [1.29, 1.82) is 0 Å². The number of benzene rings is 2. The number of carbonyl (C=O) groups is 1. The van der Waals surface area contributed by atoms with Crippen molar-refractivity contribution in [3.8, 4) is 11.5 Å². The average Bonchev–Trinajstić information content (AvgIpc) is 2.96. The summed E-state index contributed by atoms with van der Waals surface area (Å²) in [7, 11) is 1.40. The normalized spacial score (nSPS) is 18.7. The van der Waals surface area contributed by atoms with Crippen LogP contribution in [0.3, 0.4) is 0 Å². The van der Waals surface area contributed by atoms with E-state index in [0.29, 0.717) is 12.2 Å². The minimum Gasteiger partial charge on any atom is -0.492 e. The summed E-state index contributed by atoms with van der Waals surface area (Å²) in [6, 6.07) is 14.0. The molecule has 0 spiro atoms. The molecule has 0 fully saturated rings. The number of unbranched alkanes of at least 4 members (excludes halogenated alkanes) is 6. The molecular weight excluding hydrogens is 544 g/mol. The van der Waals surface area contributed by atoms with E-state index in [4.69, 9.17) is 23.4 Å². The second-order valence-corrected chi connectivity index (χ2v) is 18.3. The Balaban J connectivity index is 1.58. The highest BCUT2D eigenvalue weighted by Crippen LogP contribution is 2.49. The van der Waals surface area contributed by atoms with E-state index in [1.165, 1.54) is 50.3 Å². The zero-order valence-corrected chi connectivity index (χ0v) is 28.3. The predicted molar refractivity (Wildman–Crippen MR) is 172 cm³/mol. The van der Waals surface area contributed by atoms with Gasteiger partial charge in [-0.2, -0.15) is 0 Å². The zero-order valence-electron chi connectivity index (χ0n) is 27.3. The van der Waals surface area contributed by atoms with Gasteiger partial charge in [0.15, 0.2) is 15.1 Å². The maximum atomic E-state index is 12.0. The first-order valence-electron chi connectivity index (χ1n) is 15.6. The van der Waals surface area contributed by atoms with Crippen LogP contribution < -0.4 is 9.47 Å². The molecule has 1 heterocycles. The Bertz CT molecular complexity index is 1120. The van der Waals surface area contributed by atoms with Gasteiger partial charge in [0.05, 0.1) is 19.3 Å². The quantitative estimate of drug-likeness (QED) is 0.0831. The first-order chi connectivity index (χ1) is 19.9. The van der Waals surface area contributed by atoms with Gasteiger partial charge in [-0.3, -0.25) is 0 Å². The first kappa shape index (κ1) is 34.1. The predicted octanol–water partition coefficient (Wildman–Crippen LogP) is 9.03. The molecule has 2 aromatic carbocycles. The summed E-state index contributed by atoms with van der Waals surface area (Å²) in [6.45, 7) is 15.5. The summed E-state index contributed by atoms with van der Waals surface area (Å²) in [6.07, 6.45) is 9.67. The van der Waals surface area contributed by atoms with E-state index in [1.807, 2.05) is 24.3 Å². The number of hydrogen-bond donors (Lipinski definition) is 0. The van der Waals surface area contributed by atoms with Gasteiger partial charge >= 0.3 is 5.97 Å². The van der Waals surface area contributed by atoms with Crippen LogP contribution in [0.25, 0.3) is 0 Å². The molecule has 0 aliphatic carbocycles. The molecule has 2 atom stereocenters. The van der Waals surface area contributed by atoms with Crippen LogP contribution in [0.5, 0.6) is 11.5 Å². The summed E-state index contributed by atoms with van der Waals surface area (Å²) < 4.78 is 28.3. The molecule has 0 saturated heterocycles. The summed E-state index contributed by atoms with van der Waals surface area (Å²) in [5, 5.41) is 0.278. The summed E-state index contributed by atoms with van der Waals surface area (Å²) in [5.41, 5.74) is 2.73. The van der Waals surface area contributed by atoms with E-state index in [1.54, 1.807) is 7.11 Å². The number of carbonyl (C=O) groups excluding carboxylic acids is 1. The Morgan fingerprint density at radius 3 is 2.21 bits per heavy atom. The fraction of sp³-hybridized carbons (Fsp3) is 0.629. The van der Waals surface area contributed by atoms with Crippen molar-refractivity contribution in [1.82, 2.24) is 0 Å². The third-order valence-corrected chi connectivity index (χ3v) is 13.9. The summed E-state index contributed by atoms with van der Waals surface area (Å²) >= 11 is 0. The molecule has 0 N–H and O–H groups in total. The van der Waals surface area contributed by atoms with Crippen LogP contribution in [0, 0.1) is 0 Å². The average molecular weight is 599 g/mol. The molecule has 234 valence electrons. The smallest absolute Gasteiger partial charge is 0.337 e. The van der Waals surface area contributed by atoms with E-state index < -0.39 is 8.32 Å². The van der Waals surface area contributed by atoms with Gasteiger partial charge in [-0.25, -0.2) is 4.79 Å². The molecule has 0 unspecified atom stereocenters. The Kier molecular flexibility index (Phi) is 12.5. The van der Waals surface area contributed by atoms with E-state index >= 15 is 0 Å². The van der Waals surface area contributed by atoms with Crippen LogP contribution >= 0.6 is 0 Å². The van der Waals surface area contributed by atoms with Crippen molar-refractivity contribution in [2.75, 3.05) is 34.2 Å². The van der Waals surface area contributed by atoms with Crippen molar-refractivity contribution < 1.29 is 28.2 Å². The van der Waals surface area contributed by atoms with Gasteiger partial charge < -0.3 is 23.4 Å². The lowest BCUT2D eigenvalue weighted by Gasteiger charge is -2.43. The minimum absolute atomic E-state index is 0.204. The largest absolute Gasteiger partial charge is 0.492 e. The van der Waals surface area contributed by atoms with E-state index in [2.05, 4.69) is 59.0 Å². The minimum atomic E-state index is -1.63. The monoisotopic (exact) mass is 598 g/mol. The highest BCUT2D eigenvalue weighted by atomic mass is 28.4. The second-order valence-electron chi connectivity index (χ2n) is 13.5. The summed E-state index contributed by atoms with van der Waals surface area (Å²) in [5.74, 6) is 1.60. The van der Waals surface area contributed by atoms with E-state index in [-0.39, 0.29) is 29.1 Å². The molecule has 0 amide bonds. The zero-order chi connectivity index (χ0) is 30.8. The van der Waals surface area contributed by atoms with Crippen LogP contribution in [0.1, 0.15) is 106 Å². The molecule has 3 rings (SSSR count). The third-order valence-electron chi connectivity index (χ3n) is 9.37. The third kappa shape index (κ3) is 8.84. The maximum absolute atomic E-state index is 12.0. The lowest BCUT2D eigenvalue weighted by molar-refractivity contribution is 0.0506. The standard InChI is InChI=1S/C35H54O6Si/c1-34(2,3)42(7,8)41-23-15-13-11-9-10-12-14-16-31-30-22-21-29(40-26-37-5)24-32(30)39-25-35(31,4)28-19-17-27(18-20-28)33(36)38-6/h17-22,24,31H,9-16,23,25-26H2,1-8H3/t31-,35-/m1/s1. The Morgan fingerprint density at radius 1 is 0.952 bits per heavy atom. The van der Waals surface area contributed by atoms with Crippen LogP contribution in [0.2, 0.25) is 18.1 Å². The number of methoxy groups -OCH3 is 2. The molecule has 2 aromatic rings. The van der Waals surface area contributed by atoms with Crippen LogP contribution in [-0.4, -0.2) is 48.5 Å². The van der Waals surface area contributed by atoms with E-state index in [9.17, 15) is 4.79 Å². The Morgan fingerprint density at radius 2 is 1.60 bits per heavy atom. The molecule has 1 aliphatic heterocycles. The molecule has 42 heavy (non-hydrogen) atoms. The maximum Gasteiger partial charge on any atom is 0.337 e. The van der Waals surface area contributed by atoms with Gasteiger partial charge in [-0.15, -0.1) is 0 Å². The summed E-state index contributed by atoms with van der Waals surface area (Å²) in [4.78, 5) is 12.0. The topological polar surface area (TPSA) is 63.2 Å². The van der Waals surface area contributed by atoms with Gasteiger partial charge in [-0.05, 0) is 60.3 Å². The highest BCUT2D eigenvalue weighted by molar-refractivity contribution is 6.74. The second kappa shape index (κ2) is 15.4. The van der Waals surface area contributed by atoms with Gasteiger partial charge in [0.1, 0.15) is 11.5 Å². The van der Waals surface area contributed by atoms with Crippen LogP contribution in [0.15, 0.2) is 42.5 Å². The van der Waals surface area contributed by atoms with Crippen molar-refractivity contribution >= 4 is 14.3 Å². The SMILES string of the molecule is COCOc1ccc2c(c1)OC[C@](C)(c1ccc(C(=O)OC)cc1)[C@@H]2CCCCCCCCCO[Si](C)(C)C(C)(C)C. The van der Waals surface area contributed by atoms with Gasteiger partial charge in [0, 0.05) is 31.1 Å². The van der Waals surface area contributed by atoms with Crippen molar-refractivity contribution in [2.24, 2.45) is 0 Å². The number of rotatable bonds is 16. The van der Waals surface area contributed by atoms with Gasteiger partial charge in [-0.1, -0.05) is 84.4 Å². The number of hydrogen-bond acceptors (Lipinski definition) is 6. The molecule has 0 radical (unpaired) electrons. The molecule has 0 bridgehead atoms. The van der Waals surface area contributed by atoms with Crippen LogP contribution in [0.4, 0.5) is 0 Å². The Hall–Kier alpha value is -2.35. The molecule has 0 saturated carbocycles. The molecule has 6 nitrogen and oxygen atoms in total. The fourth-order valence-corrected chi connectivity index (χ4v) is 6.65. The molecule has 1 aliphatic rings. The highest BCUT2D eigenvalue weighted by Gasteiger charge is 2.42. The lowest BCUT2D eigenvalue weighted by Crippen LogP contribution is -2.40. The Labute approximate surface area is 255 Å². The van der Waals surface area contributed by atoms with Crippen molar-refractivity contribution in [3.05, 3.63) is 59.2 Å². The number of fused-ring (bicyclic) bond motifs is 1. The van der Waals surface area contributed by atoms with Crippen molar-refractivity contribution in [3.63, 3.8) is 0 Å². The first-order valence-corrected chi connectivity index (χ1v) is 18.5. The molecule has 0 aromatic heterocycles. The van der Waals surface area contributed by atoms with E-state index in [0.717, 1.165) is 37.4 Å². The lowest BCUT2D eigenvalue weighted by atomic mass is 9.66. The van der Waals surface area contributed by atoms with Gasteiger partial charge in [0.25, 0.3) is 0 Å². The van der Waals surface area contributed by atoms with Gasteiger partial charge in [0.2, 0.25) is 0 Å². The molecule has 7 heteroatoms.